The Labute approximate surface area is 565 Å². The van der Waals surface area contributed by atoms with Crippen molar-refractivity contribution >= 4 is 23.9 Å². The van der Waals surface area contributed by atoms with Gasteiger partial charge in [0, 0.05) is 31.1 Å². The molecule has 92 heavy (non-hydrogen) atoms. The minimum absolute atomic E-state index is 0.0299. The number of carbonyl (C=O) groups is 4. The van der Waals surface area contributed by atoms with Gasteiger partial charge in [0.1, 0.15) is 19.3 Å². The maximum atomic E-state index is 13.1. The molecule has 0 bridgehead atoms. The number of rotatable bonds is 56. The lowest BCUT2D eigenvalue weighted by Crippen LogP contribution is -2.52. The minimum Gasteiger partial charge on any atom is -0.462 e. The van der Waals surface area contributed by atoms with E-state index >= 15 is 0 Å². The molecule has 0 amide bonds. The quantitative estimate of drug-likeness (QED) is 0.0254. The van der Waals surface area contributed by atoms with Gasteiger partial charge in [0.2, 0.25) is 0 Å². The molecular weight excluding hydrogens is 1140 g/mol. The van der Waals surface area contributed by atoms with Gasteiger partial charge in [0.25, 0.3) is 0 Å². The second kappa shape index (κ2) is 51.5. The summed E-state index contributed by atoms with van der Waals surface area (Å²) in [6.07, 6.45) is 78.5. The molecule has 526 valence electrons. The fourth-order valence-electron chi connectivity index (χ4n) is 15.6. The molecule has 9 atom stereocenters. The lowest BCUT2D eigenvalue weighted by Gasteiger charge is -2.58. The first-order valence-corrected chi connectivity index (χ1v) is 39.3. The zero-order chi connectivity index (χ0) is 66.0. The molecule has 0 saturated heterocycles. The molecule has 3 saturated carbocycles. The summed E-state index contributed by atoms with van der Waals surface area (Å²) >= 11 is 0. The van der Waals surface area contributed by atoms with Crippen molar-refractivity contribution in [3.05, 3.63) is 72.4 Å². The average Bonchev–Trinajstić information content (AvgIpc) is 1.37. The van der Waals surface area contributed by atoms with Gasteiger partial charge in [-0.2, -0.15) is 0 Å². The van der Waals surface area contributed by atoms with Crippen LogP contribution in [-0.2, 0) is 42.9 Å². The van der Waals surface area contributed by atoms with E-state index in [0.29, 0.717) is 43.4 Å². The molecule has 0 aromatic heterocycles. The van der Waals surface area contributed by atoms with Gasteiger partial charge in [-0.05, 0) is 184 Å². The molecule has 9 heteroatoms. The topological polar surface area (TPSA) is 114 Å². The van der Waals surface area contributed by atoms with Crippen LogP contribution in [0.25, 0.3) is 0 Å². The van der Waals surface area contributed by atoms with Crippen molar-refractivity contribution in [1.29, 1.82) is 0 Å². The van der Waals surface area contributed by atoms with Crippen molar-refractivity contribution in [3.63, 3.8) is 0 Å². The summed E-state index contributed by atoms with van der Waals surface area (Å²) < 4.78 is 30.4. The number of fused-ring (bicyclic) bond motifs is 5. The number of hydrogen-bond acceptors (Lipinski definition) is 9. The highest BCUT2D eigenvalue weighted by Gasteiger charge is 2.60. The standard InChI is InChI=1S/C83H140O9/c1-7-11-15-19-21-23-25-27-29-31-33-35-39-44-50-55-78(84)88-68-73(91-80(86)57-52-46-40-36-34-32-30-28-26-24-22-20-16-12-8-2)69-89-79(85)56-51-45-41-37-38-43-48-54-71(53-47-42-17-13-9-3)90-72-63-65-82(5)70(67-72)59-60-74-75-61-62-77(83(75,6)66-64-76(74)82)92-81(87)58-49-18-14-10-4/h21,23,27-30,47-48,53-54,67,71-77H,7-20,22,24-26,31-46,49-52,55-66,68-69H2,1-6H3/b23-21-,29-27-,30-28+,53-47-,54-48-/t71?,72?,73?,74?,75?,76?,77-,82-,83-/m0/s1. The monoisotopic (exact) mass is 1280 g/mol. The van der Waals surface area contributed by atoms with E-state index in [1.54, 1.807) is 5.57 Å². The van der Waals surface area contributed by atoms with Gasteiger partial charge in [-0.1, -0.05) is 249 Å². The smallest absolute Gasteiger partial charge is 0.306 e. The average molecular weight is 1280 g/mol. The Balaban J connectivity index is 1.15. The SMILES string of the molecule is CCCCC/C=C\C/C=C\CCCCCCCC(=O)OCC(COC(=O)CCCCCCC/C=C\C(/C=C\CCCCC)OC1C=C2CCC3C(CC[C@@]4(C)C3CC[C@@H]4OC(=O)CCCCCC)[C@@]2(C)CC1)OC(=O)CCCCCCC/C=C/CCCCCCCC. The number of hydrogen-bond donors (Lipinski definition) is 0. The summed E-state index contributed by atoms with van der Waals surface area (Å²) in [5, 5.41) is 0. The Kier molecular flexibility index (Phi) is 45.2. The molecule has 0 spiro atoms. The summed E-state index contributed by atoms with van der Waals surface area (Å²) in [7, 11) is 0. The van der Waals surface area contributed by atoms with Crippen molar-refractivity contribution in [2.24, 2.45) is 28.6 Å². The summed E-state index contributed by atoms with van der Waals surface area (Å²) in [6, 6.07) is 0. The normalized spacial score (nSPS) is 22.9. The van der Waals surface area contributed by atoms with Crippen LogP contribution in [0.1, 0.15) is 363 Å². The molecule has 0 aromatic carbocycles. The fourth-order valence-corrected chi connectivity index (χ4v) is 15.6. The van der Waals surface area contributed by atoms with Crippen LogP contribution >= 0.6 is 0 Å². The van der Waals surface area contributed by atoms with Crippen molar-refractivity contribution in [1.82, 2.24) is 0 Å². The van der Waals surface area contributed by atoms with Crippen LogP contribution in [0.15, 0.2) is 72.4 Å². The highest BCUT2D eigenvalue weighted by atomic mass is 16.6. The Hall–Kier alpha value is -3.72. The lowest BCUT2D eigenvalue weighted by molar-refractivity contribution is -0.167. The largest absolute Gasteiger partial charge is 0.462 e. The van der Waals surface area contributed by atoms with Crippen molar-refractivity contribution in [2.45, 2.75) is 387 Å². The van der Waals surface area contributed by atoms with E-state index in [1.807, 2.05) is 0 Å². The number of allylic oxidation sites excluding steroid dienone is 9. The molecule has 4 aliphatic carbocycles. The van der Waals surface area contributed by atoms with Crippen molar-refractivity contribution in [3.8, 4) is 0 Å². The van der Waals surface area contributed by atoms with E-state index in [9.17, 15) is 19.2 Å². The molecule has 0 N–H and O–H groups in total. The van der Waals surface area contributed by atoms with Crippen LogP contribution in [0, 0.1) is 28.6 Å². The maximum Gasteiger partial charge on any atom is 0.306 e. The number of unbranched alkanes of at least 4 members (excludes halogenated alkanes) is 30. The number of ether oxygens (including phenoxy) is 5. The number of carbonyl (C=O) groups excluding carboxylic acids is 4. The minimum atomic E-state index is -0.820. The number of esters is 4. The van der Waals surface area contributed by atoms with Gasteiger partial charge in [-0.25, -0.2) is 0 Å². The molecule has 6 unspecified atom stereocenters. The Bertz CT molecular complexity index is 2120. The first kappa shape index (κ1) is 80.7. The van der Waals surface area contributed by atoms with Gasteiger partial charge in [-0.3, -0.25) is 19.2 Å². The van der Waals surface area contributed by atoms with Crippen LogP contribution in [-0.4, -0.2) is 61.5 Å². The molecule has 9 nitrogen and oxygen atoms in total. The third kappa shape index (κ3) is 34.3. The summed E-state index contributed by atoms with van der Waals surface area (Å²) in [5.41, 5.74) is 1.97. The van der Waals surface area contributed by atoms with Crippen LogP contribution in [0.3, 0.4) is 0 Å². The maximum absolute atomic E-state index is 13.1. The van der Waals surface area contributed by atoms with Crippen LogP contribution in [0.2, 0.25) is 0 Å². The van der Waals surface area contributed by atoms with Crippen LogP contribution in [0.4, 0.5) is 0 Å². The molecule has 3 fully saturated rings. The molecule has 4 aliphatic rings. The van der Waals surface area contributed by atoms with E-state index in [-0.39, 0.29) is 66.2 Å². The molecule has 0 aliphatic heterocycles. The predicted molar refractivity (Wildman–Crippen MR) is 384 cm³/mol. The summed E-state index contributed by atoms with van der Waals surface area (Å²) in [4.78, 5) is 51.9. The third-order valence-electron chi connectivity index (χ3n) is 21.3. The zero-order valence-electron chi connectivity index (χ0n) is 60.3. The van der Waals surface area contributed by atoms with E-state index < -0.39 is 6.10 Å². The Morgan fingerprint density at radius 2 is 0.870 bits per heavy atom. The van der Waals surface area contributed by atoms with Crippen LogP contribution < -0.4 is 0 Å². The Morgan fingerprint density at radius 3 is 1.39 bits per heavy atom. The van der Waals surface area contributed by atoms with Gasteiger partial charge < -0.3 is 23.7 Å². The van der Waals surface area contributed by atoms with E-state index in [4.69, 9.17) is 23.7 Å². The molecular formula is C83H140O9. The second-order valence-electron chi connectivity index (χ2n) is 29.1. The fraction of sp³-hybridized carbons (Fsp3) is 0.807. The molecule has 0 heterocycles. The summed E-state index contributed by atoms with van der Waals surface area (Å²) in [6.45, 7) is 13.8. The first-order valence-electron chi connectivity index (χ1n) is 39.3. The van der Waals surface area contributed by atoms with Gasteiger partial charge in [0.15, 0.2) is 6.10 Å². The van der Waals surface area contributed by atoms with E-state index in [2.05, 4.69) is 108 Å². The van der Waals surface area contributed by atoms with Gasteiger partial charge in [-0.15, -0.1) is 0 Å². The summed E-state index contributed by atoms with van der Waals surface area (Å²) in [5.74, 6) is 1.13. The van der Waals surface area contributed by atoms with Gasteiger partial charge in [0.05, 0.1) is 12.2 Å². The van der Waals surface area contributed by atoms with Crippen LogP contribution in [0.5, 0.6) is 0 Å². The zero-order valence-corrected chi connectivity index (χ0v) is 60.3. The second-order valence-corrected chi connectivity index (χ2v) is 29.1. The highest BCUT2D eigenvalue weighted by molar-refractivity contribution is 5.71. The van der Waals surface area contributed by atoms with E-state index in [1.165, 1.54) is 141 Å². The van der Waals surface area contributed by atoms with Crippen molar-refractivity contribution < 1.29 is 42.9 Å². The first-order chi connectivity index (χ1) is 45.0. The van der Waals surface area contributed by atoms with Crippen molar-refractivity contribution in [2.75, 3.05) is 13.2 Å². The molecule has 0 radical (unpaired) electrons. The van der Waals surface area contributed by atoms with E-state index in [0.717, 1.165) is 154 Å². The van der Waals surface area contributed by atoms with Gasteiger partial charge >= 0.3 is 23.9 Å². The molecule has 4 rings (SSSR count). The predicted octanol–water partition coefficient (Wildman–Crippen LogP) is 23.9. The lowest BCUT2D eigenvalue weighted by atomic mass is 9.47. The molecule has 0 aromatic rings. The Morgan fingerprint density at radius 1 is 0.446 bits per heavy atom. The third-order valence-corrected chi connectivity index (χ3v) is 21.3. The highest BCUT2D eigenvalue weighted by Crippen LogP contribution is 2.66.